The normalized spacial score (nSPS) is 24.8. The van der Waals surface area contributed by atoms with E-state index >= 15 is 0 Å². The average Bonchev–Trinajstić information content (AvgIpc) is 3.82. The highest BCUT2D eigenvalue weighted by Crippen LogP contribution is 2.65. The van der Waals surface area contributed by atoms with Crippen LogP contribution in [-0.4, -0.2) is 42.9 Å². The summed E-state index contributed by atoms with van der Waals surface area (Å²) in [5, 5.41) is 35.7. The number of ether oxygens (including phenoxy) is 1. The molecule has 0 spiro atoms. The summed E-state index contributed by atoms with van der Waals surface area (Å²) in [4.78, 5) is 16.1. The van der Waals surface area contributed by atoms with Gasteiger partial charge in [0.1, 0.15) is 11.9 Å². The minimum Gasteiger partial charge on any atom is -0.504 e. The number of nitrogens with zero attached hydrogens (tertiary/aromatic N) is 1. The van der Waals surface area contributed by atoms with Crippen molar-refractivity contribution >= 4 is 22.3 Å². The number of carbonyl (C=O) groups excluding carboxylic acids is 1. The van der Waals surface area contributed by atoms with Crippen LogP contribution in [0, 0.1) is 11.8 Å². The van der Waals surface area contributed by atoms with Gasteiger partial charge in [0.05, 0.1) is 17.7 Å². The van der Waals surface area contributed by atoms with Crippen LogP contribution in [0.15, 0.2) is 60.7 Å². The van der Waals surface area contributed by atoms with Gasteiger partial charge in [0.15, 0.2) is 18.2 Å². The lowest BCUT2D eigenvalue weighted by molar-refractivity contribution is -0.121. The first-order valence-corrected chi connectivity index (χ1v) is 18.7. The molecule has 0 bridgehead atoms. The number of nitrogens with one attached hydrogen (secondary N) is 2. The molecule has 3 aliphatic carbocycles. The third kappa shape index (κ3) is 5.63. The molecule has 8 rings (SSSR count). The number of Topliss-reactive ketones (excluding diaryl/α,β-unsaturated/α-hetero) is 1. The van der Waals surface area contributed by atoms with Gasteiger partial charge in [0.2, 0.25) is 0 Å². The van der Waals surface area contributed by atoms with Crippen molar-refractivity contribution in [3.05, 3.63) is 88.5 Å². The van der Waals surface area contributed by atoms with Crippen molar-refractivity contribution in [2.75, 3.05) is 0 Å². The first-order chi connectivity index (χ1) is 24.3. The van der Waals surface area contributed by atoms with E-state index in [4.69, 9.17) is 10.5 Å². The molecule has 2 aromatic carbocycles. The maximum Gasteiger partial charge on any atom is 0.165 e. The van der Waals surface area contributed by atoms with Crippen molar-refractivity contribution in [2.45, 2.75) is 114 Å². The van der Waals surface area contributed by atoms with Gasteiger partial charge in [-0.1, -0.05) is 44.0 Å². The molecule has 0 radical (unpaired) electrons. The third-order valence-corrected chi connectivity index (χ3v) is 12.1. The van der Waals surface area contributed by atoms with E-state index in [0.29, 0.717) is 30.4 Å². The second-order valence-electron chi connectivity index (χ2n) is 15.2. The number of aliphatic hydroxyl groups excluding tert-OH is 2. The van der Waals surface area contributed by atoms with E-state index < -0.39 is 12.2 Å². The van der Waals surface area contributed by atoms with Crippen molar-refractivity contribution in [3.8, 4) is 11.5 Å². The standard InChI is InChI=1S/C41H50N4O5/c1-2-6-25(46)18-27(48)19-26(47)14-12-24-13-15-36(49)37(17-24)50-23-45-21-30-33(20-43-35(30)22-45)41-16-5-10-31(41)28-7-4-11-34-39(28)38-29(40(42)44-34)8-3-9-32(38)41/h3,8-9,13,15,17,20-22,25,27-28,31,40,43-44,46,48-49H,2,4-7,10-12,14,16,18-19,23,42H2,1H3/t25-,27+,28-,31-,40+,41-/m0/s1. The summed E-state index contributed by atoms with van der Waals surface area (Å²) >= 11 is 0. The predicted molar refractivity (Wildman–Crippen MR) is 193 cm³/mol. The molecular weight excluding hydrogens is 628 g/mol. The lowest BCUT2D eigenvalue weighted by atomic mass is 9.53. The van der Waals surface area contributed by atoms with Crippen molar-refractivity contribution in [3.63, 3.8) is 0 Å². The molecule has 1 fully saturated rings. The number of benzene rings is 2. The Labute approximate surface area is 293 Å². The molecule has 6 atom stereocenters. The molecule has 2 aromatic heterocycles. The molecule has 50 heavy (non-hydrogen) atoms. The number of aryl methyl sites for hydroxylation is 1. The number of fused-ring (bicyclic) bond motifs is 4. The van der Waals surface area contributed by atoms with Crippen LogP contribution >= 0.6 is 0 Å². The third-order valence-electron chi connectivity index (χ3n) is 12.1. The lowest BCUT2D eigenvalue weighted by Gasteiger charge is -2.51. The zero-order chi connectivity index (χ0) is 34.6. The Morgan fingerprint density at radius 3 is 2.86 bits per heavy atom. The number of phenols is 1. The molecule has 9 nitrogen and oxygen atoms in total. The summed E-state index contributed by atoms with van der Waals surface area (Å²) in [5.41, 5.74) is 16.9. The molecule has 0 unspecified atom stereocenters. The summed E-state index contributed by atoms with van der Waals surface area (Å²) in [7, 11) is 0. The van der Waals surface area contributed by atoms with Gasteiger partial charge < -0.3 is 40.7 Å². The van der Waals surface area contributed by atoms with E-state index in [1.54, 1.807) is 18.2 Å². The number of ketones is 1. The van der Waals surface area contributed by atoms with Crippen LogP contribution in [-0.2, 0) is 23.4 Å². The zero-order valence-electron chi connectivity index (χ0n) is 29.0. The number of aromatic hydroxyl groups is 1. The minimum atomic E-state index is -0.837. The summed E-state index contributed by atoms with van der Waals surface area (Å²) in [5.74, 6) is 1.42. The van der Waals surface area contributed by atoms with Crippen molar-refractivity contribution < 1.29 is 24.9 Å². The van der Waals surface area contributed by atoms with E-state index in [1.165, 1.54) is 64.6 Å². The van der Waals surface area contributed by atoms with Gasteiger partial charge in [0.25, 0.3) is 0 Å². The molecule has 0 amide bonds. The van der Waals surface area contributed by atoms with Crippen molar-refractivity contribution in [1.29, 1.82) is 0 Å². The topological polar surface area (TPSA) is 146 Å². The average molecular weight is 679 g/mol. The van der Waals surface area contributed by atoms with E-state index in [-0.39, 0.29) is 49.1 Å². The van der Waals surface area contributed by atoms with Crippen LogP contribution in [0.25, 0.3) is 16.5 Å². The highest BCUT2D eigenvalue weighted by Gasteiger charge is 2.56. The van der Waals surface area contributed by atoms with Gasteiger partial charge in [-0.05, 0) is 109 Å². The van der Waals surface area contributed by atoms with Crippen LogP contribution in [0.4, 0.5) is 0 Å². The number of hydrogen-bond donors (Lipinski definition) is 6. The largest absolute Gasteiger partial charge is 0.504 e. The first-order valence-electron chi connectivity index (χ1n) is 18.7. The fourth-order valence-corrected chi connectivity index (χ4v) is 10.0. The summed E-state index contributed by atoms with van der Waals surface area (Å²) in [6.07, 6.45) is 14.4. The quantitative estimate of drug-likeness (QED) is 0.0925. The van der Waals surface area contributed by atoms with Crippen LogP contribution in [0.1, 0.15) is 112 Å². The number of H-pyrrole nitrogens is 1. The summed E-state index contributed by atoms with van der Waals surface area (Å²) < 4.78 is 8.19. The molecule has 7 N–H and O–H groups in total. The van der Waals surface area contributed by atoms with E-state index in [9.17, 15) is 20.1 Å². The second kappa shape index (κ2) is 13.2. The molecule has 4 aromatic rings. The monoisotopic (exact) mass is 678 g/mol. The van der Waals surface area contributed by atoms with Gasteiger partial charge in [-0.15, -0.1) is 0 Å². The summed E-state index contributed by atoms with van der Waals surface area (Å²) in [6, 6.07) is 12.0. The Hall–Kier alpha value is -4.05. The first kappa shape index (κ1) is 33.1. The maximum atomic E-state index is 12.5. The van der Waals surface area contributed by atoms with Crippen molar-refractivity contribution in [2.24, 2.45) is 17.6 Å². The number of aliphatic hydroxyl groups is 2. The zero-order valence-corrected chi connectivity index (χ0v) is 29.0. The Kier molecular flexibility index (Phi) is 8.78. The number of carbonyl (C=O) groups is 1. The number of phenolic OH excluding ortho intramolecular Hbond substituents is 1. The van der Waals surface area contributed by atoms with Crippen molar-refractivity contribution in [1.82, 2.24) is 14.9 Å². The Balaban J connectivity index is 1.01. The SMILES string of the molecule is CCC[C@H](O)C[C@@H](O)CC(=O)CCc1ccc(O)c(OCn2cc3[nH]cc([C@@]45CCC[C@H]4[C@@H]4CCCC6=C4c4c(cccc45)[C@H](N)N6)c3c2)c1. The number of allylic oxidation sites excluding steroid dienone is 2. The van der Waals surface area contributed by atoms with Gasteiger partial charge in [-0.3, -0.25) is 4.79 Å². The lowest BCUT2D eigenvalue weighted by Crippen LogP contribution is -2.46. The molecule has 0 saturated heterocycles. The van der Waals surface area contributed by atoms with Crippen LogP contribution in [0.3, 0.4) is 0 Å². The molecule has 1 saturated carbocycles. The van der Waals surface area contributed by atoms with Gasteiger partial charge in [-0.25, -0.2) is 0 Å². The molecule has 4 aliphatic rings. The number of nitrogens with two attached hydrogens (primary N) is 1. The fraction of sp³-hybridized carbons (Fsp3) is 0.488. The number of aromatic amines is 1. The smallest absolute Gasteiger partial charge is 0.165 e. The number of aromatic nitrogens is 2. The van der Waals surface area contributed by atoms with E-state index in [0.717, 1.165) is 30.3 Å². The highest BCUT2D eigenvalue weighted by molar-refractivity contribution is 5.88. The molecule has 9 heteroatoms. The fourth-order valence-electron chi connectivity index (χ4n) is 10.0. The highest BCUT2D eigenvalue weighted by atomic mass is 16.5. The molecule has 1 aliphatic heterocycles. The Bertz CT molecular complexity index is 1940. The van der Waals surface area contributed by atoms with E-state index in [1.807, 2.05) is 11.5 Å². The van der Waals surface area contributed by atoms with Crippen LogP contribution in [0.2, 0.25) is 0 Å². The van der Waals surface area contributed by atoms with Crippen LogP contribution < -0.4 is 15.8 Å². The molecule has 3 heterocycles. The Morgan fingerprint density at radius 2 is 2.00 bits per heavy atom. The molecule has 264 valence electrons. The van der Waals surface area contributed by atoms with Gasteiger partial charge in [0, 0.05) is 47.9 Å². The maximum absolute atomic E-state index is 12.5. The van der Waals surface area contributed by atoms with Gasteiger partial charge in [-0.2, -0.15) is 0 Å². The number of hydrogen-bond acceptors (Lipinski definition) is 7. The summed E-state index contributed by atoms with van der Waals surface area (Å²) in [6.45, 7) is 2.20. The predicted octanol–water partition coefficient (Wildman–Crippen LogP) is 6.69. The van der Waals surface area contributed by atoms with Crippen LogP contribution in [0.5, 0.6) is 11.5 Å². The minimum absolute atomic E-state index is 0.0318. The Morgan fingerprint density at radius 1 is 1.12 bits per heavy atom. The van der Waals surface area contributed by atoms with E-state index in [2.05, 4.69) is 47.1 Å². The number of rotatable bonds is 13. The molecular formula is C41H50N4O5. The van der Waals surface area contributed by atoms with Gasteiger partial charge >= 0.3 is 0 Å². The second-order valence-corrected chi connectivity index (χ2v) is 15.2.